The van der Waals surface area contributed by atoms with E-state index in [9.17, 15) is 0 Å². The Hall–Kier alpha value is -2.96. The molecule has 2 aromatic rings. The summed E-state index contributed by atoms with van der Waals surface area (Å²) < 4.78 is 5.55. The number of nitrogens with one attached hydrogen (secondary N) is 2. The van der Waals surface area contributed by atoms with Crippen molar-refractivity contribution in [2.75, 3.05) is 49.6 Å². The van der Waals surface area contributed by atoms with Crippen LogP contribution >= 0.6 is 0 Å². The van der Waals surface area contributed by atoms with E-state index in [-0.39, 0.29) is 0 Å². The summed E-state index contributed by atoms with van der Waals surface area (Å²) in [5.41, 5.74) is 2.35. The second-order valence-electron chi connectivity index (χ2n) is 8.51. The van der Waals surface area contributed by atoms with E-state index in [0.717, 1.165) is 62.4 Å². The van der Waals surface area contributed by atoms with Crippen LogP contribution in [-0.4, -0.2) is 56.8 Å². The monoisotopic (exact) mass is 436 g/mol. The summed E-state index contributed by atoms with van der Waals surface area (Å²) in [6.07, 6.45) is 6.82. The van der Waals surface area contributed by atoms with E-state index in [1.165, 1.54) is 24.8 Å². The van der Waals surface area contributed by atoms with Crippen LogP contribution in [0.3, 0.4) is 0 Å². The molecule has 2 aliphatic rings. The van der Waals surface area contributed by atoms with Crippen molar-refractivity contribution in [1.29, 1.82) is 0 Å². The molecule has 2 saturated heterocycles. The third-order valence-electron chi connectivity index (χ3n) is 6.21. The highest BCUT2D eigenvalue weighted by Gasteiger charge is 2.25. The first kappa shape index (κ1) is 22.2. The normalized spacial score (nSPS) is 19.2. The quantitative estimate of drug-likeness (QED) is 0.512. The molecule has 0 aliphatic carbocycles. The van der Waals surface area contributed by atoms with Gasteiger partial charge in [0.25, 0.3) is 0 Å². The first-order chi connectivity index (χ1) is 15.8. The number of pyridine rings is 1. The second-order valence-corrected chi connectivity index (χ2v) is 8.51. The van der Waals surface area contributed by atoms with Crippen molar-refractivity contribution in [2.24, 2.45) is 4.99 Å². The molecule has 0 spiro atoms. The van der Waals surface area contributed by atoms with Gasteiger partial charge in [-0.3, -0.25) is 0 Å². The Bertz CT molecular complexity index is 896. The molecule has 172 valence electrons. The van der Waals surface area contributed by atoms with Crippen LogP contribution in [0.2, 0.25) is 0 Å². The largest absolute Gasteiger partial charge is 0.495 e. The molecule has 2 aliphatic heterocycles. The van der Waals surface area contributed by atoms with Crippen molar-refractivity contribution in [3.8, 4) is 5.75 Å². The summed E-state index contributed by atoms with van der Waals surface area (Å²) in [4.78, 5) is 14.2. The number of anilines is 2. The molecule has 0 radical (unpaired) electrons. The standard InChI is InChI=1S/C25H36N6O/c1-3-26-25(28-18-20-11-13-27-24(17-20)30-14-7-4-8-15-30)29-21-12-16-31(19-21)22-9-5-6-10-23(22)32-2/h5-6,9-11,13,17,21H,3-4,7-8,12,14-16,18-19H2,1-2H3,(H2,26,28,29). The number of ether oxygens (including phenoxy) is 1. The van der Waals surface area contributed by atoms with Gasteiger partial charge in [-0.2, -0.15) is 0 Å². The predicted molar refractivity (Wildman–Crippen MR) is 132 cm³/mol. The highest BCUT2D eigenvalue weighted by atomic mass is 16.5. The number of benzene rings is 1. The summed E-state index contributed by atoms with van der Waals surface area (Å²) in [6.45, 7) is 7.72. The Balaban J connectivity index is 1.37. The number of methoxy groups -OCH3 is 1. The Labute approximate surface area is 191 Å². The van der Waals surface area contributed by atoms with Crippen molar-refractivity contribution < 1.29 is 4.74 Å². The maximum Gasteiger partial charge on any atom is 0.191 e. The molecular weight excluding hydrogens is 400 g/mol. The van der Waals surface area contributed by atoms with Gasteiger partial charge in [-0.05, 0) is 62.4 Å². The maximum absolute atomic E-state index is 5.55. The van der Waals surface area contributed by atoms with Gasteiger partial charge in [-0.15, -0.1) is 0 Å². The lowest BCUT2D eigenvalue weighted by Crippen LogP contribution is -2.44. The first-order valence-electron chi connectivity index (χ1n) is 11.9. The number of aliphatic imine (C=N–C) groups is 1. The van der Waals surface area contributed by atoms with Crippen molar-refractivity contribution in [3.05, 3.63) is 48.2 Å². The minimum absolute atomic E-state index is 0.346. The number of aromatic nitrogens is 1. The number of para-hydroxylation sites is 2. The lowest BCUT2D eigenvalue weighted by Gasteiger charge is -2.27. The minimum Gasteiger partial charge on any atom is -0.495 e. The Morgan fingerprint density at radius 3 is 2.78 bits per heavy atom. The number of rotatable bonds is 7. The van der Waals surface area contributed by atoms with E-state index in [4.69, 9.17) is 9.73 Å². The second kappa shape index (κ2) is 11.1. The van der Waals surface area contributed by atoms with Gasteiger partial charge in [0.15, 0.2) is 5.96 Å². The van der Waals surface area contributed by atoms with Crippen molar-refractivity contribution in [1.82, 2.24) is 15.6 Å². The number of piperidine rings is 1. The van der Waals surface area contributed by atoms with Gasteiger partial charge in [0.2, 0.25) is 0 Å². The van der Waals surface area contributed by atoms with Gasteiger partial charge in [-0.25, -0.2) is 9.98 Å². The number of nitrogens with zero attached hydrogens (tertiary/aromatic N) is 4. The molecule has 4 rings (SSSR count). The zero-order valence-electron chi connectivity index (χ0n) is 19.4. The van der Waals surface area contributed by atoms with Gasteiger partial charge in [0.05, 0.1) is 19.3 Å². The Morgan fingerprint density at radius 2 is 1.97 bits per heavy atom. The molecule has 1 aromatic heterocycles. The van der Waals surface area contributed by atoms with E-state index < -0.39 is 0 Å². The molecule has 3 heterocycles. The number of hydrogen-bond donors (Lipinski definition) is 2. The van der Waals surface area contributed by atoms with Crippen LogP contribution in [0, 0.1) is 0 Å². The molecule has 7 heteroatoms. The molecule has 7 nitrogen and oxygen atoms in total. The first-order valence-corrected chi connectivity index (χ1v) is 11.9. The number of hydrogen-bond acceptors (Lipinski definition) is 5. The van der Waals surface area contributed by atoms with E-state index in [2.05, 4.69) is 56.6 Å². The molecule has 0 amide bonds. The molecular formula is C25H36N6O. The fourth-order valence-electron chi connectivity index (χ4n) is 4.53. The molecule has 1 aromatic carbocycles. The number of guanidine groups is 1. The van der Waals surface area contributed by atoms with Crippen LogP contribution < -0.4 is 25.2 Å². The zero-order chi connectivity index (χ0) is 22.2. The molecule has 1 atom stereocenters. The fraction of sp³-hybridized carbons (Fsp3) is 0.520. The summed E-state index contributed by atoms with van der Waals surface area (Å²) in [6, 6.07) is 12.8. The van der Waals surface area contributed by atoms with Crippen molar-refractivity contribution in [3.63, 3.8) is 0 Å². The Morgan fingerprint density at radius 1 is 1.12 bits per heavy atom. The topological polar surface area (TPSA) is 65.0 Å². The third kappa shape index (κ3) is 5.64. The zero-order valence-corrected chi connectivity index (χ0v) is 19.4. The van der Waals surface area contributed by atoms with E-state index in [1.54, 1.807) is 7.11 Å². The lowest BCUT2D eigenvalue weighted by atomic mass is 10.1. The SMILES string of the molecule is CCNC(=NCc1ccnc(N2CCCCC2)c1)NC1CCN(c2ccccc2OC)C1. The van der Waals surface area contributed by atoms with Gasteiger partial charge in [0.1, 0.15) is 11.6 Å². The molecule has 1 unspecified atom stereocenters. The lowest BCUT2D eigenvalue weighted by molar-refractivity contribution is 0.415. The summed E-state index contributed by atoms with van der Waals surface area (Å²) >= 11 is 0. The third-order valence-corrected chi connectivity index (χ3v) is 6.21. The van der Waals surface area contributed by atoms with Crippen LogP contribution in [0.5, 0.6) is 5.75 Å². The predicted octanol–water partition coefficient (Wildman–Crippen LogP) is 3.41. The van der Waals surface area contributed by atoms with Crippen LogP contribution in [0.4, 0.5) is 11.5 Å². The van der Waals surface area contributed by atoms with Crippen LogP contribution in [0.15, 0.2) is 47.6 Å². The Kier molecular flexibility index (Phi) is 7.69. The van der Waals surface area contributed by atoms with Crippen LogP contribution in [0.25, 0.3) is 0 Å². The van der Waals surface area contributed by atoms with Crippen LogP contribution in [0.1, 0.15) is 38.2 Å². The van der Waals surface area contributed by atoms with E-state index in [1.807, 2.05) is 18.3 Å². The van der Waals surface area contributed by atoms with E-state index >= 15 is 0 Å². The average Bonchev–Trinajstić information content (AvgIpc) is 3.32. The van der Waals surface area contributed by atoms with E-state index in [0.29, 0.717) is 12.6 Å². The van der Waals surface area contributed by atoms with Crippen molar-refractivity contribution in [2.45, 2.75) is 45.2 Å². The van der Waals surface area contributed by atoms with Crippen molar-refractivity contribution >= 4 is 17.5 Å². The minimum atomic E-state index is 0.346. The highest BCUT2D eigenvalue weighted by Crippen LogP contribution is 2.30. The maximum atomic E-state index is 5.55. The summed E-state index contributed by atoms with van der Waals surface area (Å²) in [7, 11) is 1.73. The summed E-state index contributed by atoms with van der Waals surface area (Å²) in [5, 5.41) is 7.04. The molecule has 2 N–H and O–H groups in total. The van der Waals surface area contributed by atoms with Gasteiger partial charge in [-0.1, -0.05) is 12.1 Å². The molecule has 0 saturated carbocycles. The molecule has 32 heavy (non-hydrogen) atoms. The van der Waals surface area contributed by atoms with Gasteiger partial charge < -0.3 is 25.2 Å². The summed E-state index contributed by atoms with van der Waals surface area (Å²) in [5.74, 6) is 2.88. The van der Waals surface area contributed by atoms with Crippen LogP contribution in [-0.2, 0) is 6.54 Å². The molecule has 2 fully saturated rings. The van der Waals surface area contributed by atoms with Gasteiger partial charge in [0, 0.05) is 45.0 Å². The highest BCUT2D eigenvalue weighted by molar-refractivity contribution is 5.80. The average molecular weight is 437 g/mol. The van der Waals surface area contributed by atoms with Gasteiger partial charge >= 0.3 is 0 Å². The molecule has 0 bridgehead atoms. The fourth-order valence-corrected chi connectivity index (χ4v) is 4.53. The smallest absolute Gasteiger partial charge is 0.191 e.